The molecule has 2 amide bonds. The Bertz CT molecular complexity index is 529. The first-order valence-electron chi connectivity index (χ1n) is 5.86. The summed E-state index contributed by atoms with van der Waals surface area (Å²) in [6.45, 7) is 5.22. The van der Waals surface area contributed by atoms with Crippen LogP contribution in [0.1, 0.15) is 20.8 Å². The van der Waals surface area contributed by atoms with Gasteiger partial charge in [0.05, 0.1) is 5.69 Å². The van der Waals surface area contributed by atoms with Crippen LogP contribution < -0.4 is 10.6 Å². The van der Waals surface area contributed by atoms with Gasteiger partial charge in [-0.15, -0.1) is 0 Å². The lowest BCUT2D eigenvalue weighted by atomic mass is 9.87. The fraction of sp³-hybridized carbons (Fsp3) is 0.385. The summed E-state index contributed by atoms with van der Waals surface area (Å²) >= 11 is 9.07. The van der Waals surface area contributed by atoms with Crippen LogP contribution in [0.25, 0.3) is 0 Å². The van der Waals surface area contributed by atoms with Crippen molar-refractivity contribution >= 4 is 45.2 Å². The molecule has 0 bridgehead atoms. The molecule has 0 spiro atoms. The molecule has 5 nitrogen and oxygen atoms in total. The zero-order valence-corrected chi connectivity index (χ0v) is 13.7. The molecule has 3 N–H and O–H groups in total. The lowest BCUT2D eigenvalue weighted by Crippen LogP contribution is -2.50. The van der Waals surface area contributed by atoms with Gasteiger partial charge in [-0.2, -0.15) is 0 Å². The minimum Gasteiger partial charge on any atom is -0.480 e. The number of halogens is 2. The third-order valence-electron chi connectivity index (χ3n) is 2.57. The molecule has 0 radical (unpaired) electrons. The maximum absolute atomic E-state index is 11.9. The van der Waals surface area contributed by atoms with Crippen molar-refractivity contribution in [3.63, 3.8) is 0 Å². The van der Waals surface area contributed by atoms with Crippen LogP contribution in [0.5, 0.6) is 0 Å². The molecule has 0 saturated carbocycles. The van der Waals surface area contributed by atoms with Crippen LogP contribution in [0.3, 0.4) is 0 Å². The minimum absolute atomic E-state index is 0.505. The maximum Gasteiger partial charge on any atom is 0.326 e. The molecule has 0 aliphatic carbocycles. The van der Waals surface area contributed by atoms with E-state index in [1.165, 1.54) is 0 Å². The van der Waals surface area contributed by atoms with Crippen molar-refractivity contribution in [2.75, 3.05) is 5.32 Å². The molecule has 20 heavy (non-hydrogen) atoms. The lowest BCUT2D eigenvalue weighted by molar-refractivity contribution is -0.141. The van der Waals surface area contributed by atoms with Crippen molar-refractivity contribution in [3.8, 4) is 0 Å². The van der Waals surface area contributed by atoms with Crippen LogP contribution in [0.15, 0.2) is 22.7 Å². The Balaban J connectivity index is 2.79. The smallest absolute Gasteiger partial charge is 0.326 e. The van der Waals surface area contributed by atoms with E-state index in [1.807, 2.05) is 0 Å². The van der Waals surface area contributed by atoms with Gasteiger partial charge < -0.3 is 15.7 Å². The van der Waals surface area contributed by atoms with E-state index in [0.717, 1.165) is 0 Å². The Morgan fingerprint density at radius 3 is 2.40 bits per heavy atom. The highest BCUT2D eigenvalue weighted by atomic mass is 79.9. The predicted molar refractivity (Wildman–Crippen MR) is 82.2 cm³/mol. The predicted octanol–water partition coefficient (Wildman–Crippen LogP) is 3.72. The molecule has 0 saturated heterocycles. The second kappa shape index (κ2) is 6.45. The number of carboxylic acids is 1. The standard InChI is InChI=1S/C13H16BrClN2O3/c1-13(2,3)10(11(18)19)17-12(20)16-9-5-4-7(15)6-8(9)14/h4-6,10H,1-3H3,(H,18,19)(H2,16,17,20)/t10-/m0/s1. The first-order chi connectivity index (χ1) is 9.11. The lowest BCUT2D eigenvalue weighted by Gasteiger charge is -2.27. The van der Waals surface area contributed by atoms with Gasteiger partial charge in [0.15, 0.2) is 0 Å². The molecule has 0 unspecified atom stereocenters. The molecule has 1 rings (SSSR count). The number of amides is 2. The first kappa shape index (κ1) is 16.8. The largest absolute Gasteiger partial charge is 0.480 e. The van der Waals surface area contributed by atoms with E-state index in [1.54, 1.807) is 39.0 Å². The SMILES string of the molecule is CC(C)(C)[C@@H](NC(=O)Nc1ccc(Cl)cc1Br)C(=O)O. The highest BCUT2D eigenvalue weighted by Crippen LogP contribution is 2.26. The number of anilines is 1. The molecule has 0 aliphatic heterocycles. The molecular formula is C13H16BrClN2O3. The van der Waals surface area contributed by atoms with E-state index < -0.39 is 23.5 Å². The molecule has 0 aromatic heterocycles. The molecule has 0 aliphatic rings. The van der Waals surface area contributed by atoms with Gasteiger partial charge in [-0.25, -0.2) is 9.59 Å². The van der Waals surface area contributed by atoms with Crippen LogP contribution in [0.4, 0.5) is 10.5 Å². The number of hydrogen-bond donors (Lipinski definition) is 3. The van der Waals surface area contributed by atoms with Gasteiger partial charge in [-0.3, -0.25) is 0 Å². The highest BCUT2D eigenvalue weighted by molar-refractivity contribution is 9.10. The Morgan fingerprint density at radius 2 is 1.95 bits per heavy atom. The molecular weight excluding hydrogens is 348 g/mol. The normalized spacial score (nSPS) is 12.7. The van der Waals surface area contributed by atoms with E-state index in [4.69, 9.17) is 16.7 Å². The van der Waals surface area contributed by atoms with E-state index in [2.05, 4.69) is 26.6 Å². The van der Waals surface area contributed by atoms with Crippen molar-refractivity contribution in [3.05, 3.63) is 27.7 Å². The zero-order valence-electron chi connectivity index (χ0n) is 11.3. The Hall–Kier alpha value is -1.27. The fourth-order valence-electron chi connectivity index (χ4n) is 1.53. The van der Waals surface area contributed by atoms with Crippen molar-refractivity contribution < 1.29 is 14.7 Å². The monoisotopic (exact) mass is 362 g/mol. The maximum atomic E-state index is 11.9. The van der Waals surface area contributed by atoms with Crippen molar-refractivity contribution in [2.45, 2.75) is 26.8 Å². The zero-order chi connectivity index (χ0) is 15.5. The summed E-state index contributed by atoms with van der Waals surface area (Å²) in [5.74, 6) is -1.08. The van der Waals surface area contributed by atoms with Crippen LogP contribution >= 0.6 is 27.5 Å². The van der Waals surface area contributed by atoms with Crippen LogP contribution in [0.2, 0.25) is 5.02 Å². The number of rotatable bonds is 3. The number of carboxylic acid groups (broad SMARTS) is 1. The minimum atomic E-state index is -1.08. The summed E-state index contributed by atoms with van der Waals surface area (Å²) in [7, 11) is 0. The molecule has 1 atom stereocenters. The molecule has 1 aromatic carbocycles. The third-order valence-corrected chi connectivity index (χ3v) is 3.46. The average Bonchev–Trinajstić information content (AvgIpc) is 2.28. The van der Waals surface area contributed by atoms with Gasteiger partial charge in [0.1, 0.15) is 6.04 Å². The quantitative estimate of drug-likeness (QED) is 0.766. The number of carbonyl (C=O) groups is 2. The van der Waals surface area contributed by atoms with Crippen LogP contribution in [-0.4, -0.2) is 23.1 Å². The van der Waals surface area contributed by atoms with Gasteiger partial charge >= 0.3 is 12.0 Å². The molecule has 0 heterocycles. The second-order valence-corrected chi connectivity index (χ2v) is 6.65. The number of urea groups is 1. The van der Waals surface area contributed by atoms with E-state index in [0.29, 0.717) is 15.2 Å². The molecule has 0 fully saturated rings. The van der Waals surface area contributed by atoms with E-state index >= 15 is 0 Å². The summed E-state index contributed by atoms with van der Waals surface area (Å²) < 4.78 is 0.614. The van der Waals surface area contributed by atoms with Crippen LogP contribution in [0, 0.1) is 5.41 Å². The summed E-state index contributed by atoms with van der Waals surface area (Å²) in [5, 5.41) is 14.7. The first-order valence-corrected chi connectivity index (χ1v) is 7.03. The average molecular weight is 364 g/mol. The highest BCUT2D eigenvalue weighted by Gasteiger charge is 2.32. The Kier molecular flexibility index (Phi) is 5.42. The Morgan fingerprint density at radius 1 is 1.35 bits per heavy atom. The summed E-state index contributed by atoms with van der Waals surface area (Å²) in [6, 6.07) is 3.30. The molecule has 110 valence electrons. The number of benzene rings is 1. The summed E-state index contributed by atoms with van der Waals surface area (Å²) in [6.07, 6.45) is 0. The Labute approximate surface area is 130 Å². The number of aliphatic carboxylic acids is 1. The summed E-state index contributed by atoms with van der Waals surface area (Å²) in [4.78, 5) is 23.0. The van der Waals surface area contributed by atoms with Gasteiger partial charge in [0.2, 0.25) is 0 Å². The molecule has 1 aromatic rings. The van der Waals surface area contributed by atoms with Crippen molar-refractivity contribution in [1.29, 1.82) is 0 Å². The van der Waals surface area contributed by atoms with Gasteiger partial charge in [0, 0.05) is 9.50 Å². The van der Waals surface area contributed by atoms with E-state index in [9.17, 15) is 9.59 Å². The number of carbonyl (C=O) groups excluding carboxylic acids is 1. The second-order valence-electron chi connectivity index (χ2n) is 5.36. The van der Waals surface area contributed by atoms with E-state index in [-0.39, 0.29) is 0 Å². The van der Waals surface area contributed by atoms with Crippen LogP contribution in [-0.2, 0) is 4.79 Å². The number of hydrogen-bond acceptors (Lipinski definition) is 2. The van der Waals surface area contributed by atoms with Gasteiger partial charge in [-0.05, 0) is 39.5 Å². The van der Waals surface area contributed by atoms with Gasteiger partial charge in [0.25, 0.3) is 0 Å². The molecule has 7 heteroatoms. The fourth-order valence-corrected chi connectivity index (χ4v) is 2.31. The van der Waals surface area contributed by atoms with Crippen molar-refractivity contribution in [2.24, 2.45) is 5.41 Å². The topological polar surface area (TPSA) is 78.4 Å². The third kappa shape index (κ3) is 4.68. The number of nitrogens with one attached hydrogen (secondary N) is 2. The van der Waals surface area contributed by atoms with Gasteiger partial charge in [-0.1, -0.05) is 32.4 Å². The van der Waals surface area contributed by atoms with Crippen molar-refractivity contribution in [1.82, 2.24) is 5.32 Å². The summed E-state index contributed by atoms with van der Waals surface area (Å²) in [5.41, 5.74) is -0.0922.